The highest BCUT2D eigenvalue weighted by Gasteiger charge is 2.12. The second-order valence-electron chi connectivity index (χ2n) is 4.07. The van der Waals surface area contributed by atoms with Crippen LogP contribution in [0.15, 0.2) is 46.5 Å². The van der Waals surface area contributed by atoms with Crippen LogP contribution in [0.4, 0.5) is 0 Å². The molecule has 2 heterocycles. The van der Waals surface area contributed by atoms with Gasteiger partial charge >= 0.3 is 0 Å². The Hall–Kier alpha value is -1.72. The van der Waals surface area contributed by atoms with Gasteiger partial charge in [-0.15, -0.1) is 0 Å². The molecule has 0 bridgehead atoms. The third-order valence-electron chi connectivity index (χ3n) is 2.72. The van der Waals surface area contributed by atoms with E-state index in [-0.39, 0.29) is 6.61 Å². The standard InChI is InChI=1S/C14H13NO3S/c16-9-10-1-4-14(15-8-10)19-11-2-3-12-13(7-11)18-6-5-17-12/h1-4,7-8,16H,5-6,9H2. The average Bonchev–Trinajstić information content (AvgIpc) is 2.48. The van der Waals surface area contributed by atoms with E-state index in [1.807, 2.05) is 30.3 Å². The second kappa shape index (κ2) is 5.50. The summed E-state index contributed by atoms with van der Waals surface area (Å²) in [6.07, 6.45) is 1.68. The van der Waals surface area contributed by atoms with Crippen molar-refractivity contribution in [3.05, 3.63) is 42.1 Å². The molecule has 5 heteroatoms. The first kappa shape index (κ1) is 12.3. The molecule has 1 aromatic heterocycles. The maximum atomic E-state index is 8.97. The maximum absolute atomic E-state index is 8.97. The number of rotatable bonds is 3. The number of hydrogen-bond acceptors (Lipinski definition) is 5. The summed E-state index contributed by atoms with van der Waals surface area (Å²) in [4.78, 5) is 5.34. The first-order valence-electron chi connectivity index (χ1n) is 5.98. The minimum Gasteiger partial charge on any atom is -0.486 e. The summed E-state index contributed by atoms with van der Waals surface area (Å²) in [6, 6.07) is 9.62. The molecule has 0 spiro atoms. The Morgan fingerprint density at radius 2 is 1.95 bits per heavy atom. The highest BCUT2D eigenvalue weighted by Crippen LogP contribution is 2.36. The van der Waals surface area contributed by atoms with Crippen LogP contribution in [0, 0.1) is 0 Å². The zero-order valence-electron chi connectivity index (χ0n) is 10.2. The summed E-state index contributed by atoms with van der Waals surface area (Å²) < 4.78 is 11.0. The van der Waals surface area contributed by atoms with E-state index in [0.29, 0.717) is 13.2 Å². The molecule has 1 aromatic carbocycles. The molecule has 0 saturated heterocycles. The Labute approximate surface area is 115 Å². The molecule has 1 aliphatic heterocycles. The van der Waals surface area contributed by atoms with Gasteiger partial charge in [-0.2, -0.15) is 0 Å². The molecule has 0 fully saturated rings. The Bertz CT molecular complexity index is 571. The van der Waals surface area contributed by atoms with E-state index in [0.717, 1.165) is 27.0 Å². The summed E-state index contributed by atoms with van der Waals surface area (Å²) in [7, 11) is 0. The number of fused-ring (bicyclic) bond motifs is 1. The first-order chi connectivity index (χ1) is 9.35. The van der Waals surface area contributed by atoms with Gasteiger partial charge in [0.1, 0.15) is 18.2 Å². The summed E-state index contributed by atoms with van der Waals surface area (Å²) in [6.45, 7) is 1.20. The molecular formula is C14H13NO3S. The second-order valence-corrected chi connectivity index (χ2v) is 5.16. The number of aromatic nitrogens is 1. The molecule has 3 rings (SSSR count). The van der Waals surface area contributed by atoms with Crippen molar-refractivity contribution < 1.29 is 14.6 Å². The molecule has 0 radical (unpaired) electrons. The molecule has 1 aliphatic rings. The summed E-state index contributed by atoms with van der Waals surface area (Å²) in [5.74, 6) is 1.57. The van der Waals surface area contributed by atoms with E-state index in [1.54, 1.807) is 18.0 Å². The molecule has 0 amide bonds. The van der Waals surface area contributed by atoms with Gasteiger partial charge in [0.15, 0.2) is 11.5 Å². The number of ether oxygens (including phenoxy) is 2. The normalized spacial score (nSPS) is 13.3. The van der Waals surface area contributed by atoms with Crippen LogP contribution in [0.5, 0.6) is 11.5 Å². The Morgan fingerprint density at radius 1 is 1.11 bits per heavy atom. The Balaban J connectivity index is 1.78. The van der Waals surface area contributed by atoms with Crippen molar-refractivity contribution in [2.24, 2.45) is 0 Å². The quantitative estimate of drug-likeness (QED) is 0.932. The van der Waals surface area contributed by atoms with Crippen LogP contribution >= 0.6 is 11.8 Å². The van der Waals surface area contributed by atoms with E-state index in [2.05, 4.69) is 4.98 Å². The highest BCUT2D eigenvalue weighted by molar-refractivity contribution is 7.99. The topological polar surface area (TPSA) is 51.6 Å². The average molecular weight is 275 g/mol. The molecule has 1 N–H and O–H groups in total. The van der Waals surface area contributed by atoms with E-state index in [4.69, 9.17) is 14.6 Å². The van der Waals surface area contributed by atoms with E-state index >= 15 is 0 Å². The van der Waals surface area contributed by atoms with Gasteiger partial charge in [-0.1, -0.05) is 17.8 Å². The molecule has 2 aromatic rings. The smallest absolute Gasteiger partial charge is 0.162 e. The van der Waals surface area contributed by atoms with Gasteiger partial charge in [0.05, 0.1) is 6.61 Å². The lowest BCUT2D eigenvalue weighted by molar-refractivity contribution is 0.171. The van der Waals surface area contributed by atoms with Gasteiger partial charge in [0.25, 0.3) is 0 Å². The summed E-state index contributed by atoms with van der Waals surface area (Å²) >= 11 is 1.55. The lowest BCUT2D eigenvalue weighted by Gasteiger charge is -2.18. The van der Waals surface area contributed by atoms with Crippen LogP contribution in [-0.4, -0.2) is 23.3 Å². The van der Waals surface area contributed by atoms with Crippen LogP contribution < -0.4 is 9.47 Å². The zero-order chi connectivity index (χ0) is 13.1. The largest absolute Gasteiger partial charge is 0.486 e. The van der Waals surface area contributed by atoms with Crippen LogP contribution in [0.25, 0.3) is 0 Å². The fourth-order valence-corrected chi connectivity index (χ4v) is 2.56. The summed E-state index contributed by atoms with van der Waals surface area (Å²) in [5, 5.41) is 9.86. The van der Waals surface area contributed by atoms with Crippen LogP contribution in [0.3, 0.4) is 0 Å². The monoisotopic (exact) mass is 275 g/mol. The maximum Gasteiger partial charge on any atom is 0.162 e. The van der Waals surface area contributed by atoms with Crippen LogP contribution in [0.2, 0.25) is 0 Å². The third kappa shape index (κ3) is 2.83. The molecule has 19 heavy (non-hydrogen) atoms. The number of aliphatic hydroxyl groups excluding tert-OH is 1. The van der Waals surface area contributed by atoms with Crippen LogP contribution in [0.1, 0.15) is 5.56 Å². The van der Waals surface area contributed by atoms with Crippen molar-refractivity contribution in [2.75, 3.05) is 13.2 Å². The molecule has 0 aliphatic carbocycles. The Kier molecular flexibility index (Phi) is 3.57. The number of nitrogens with zero attached hydrogens (tertiary/aromatic N) is 1. The van der Waals surface area contributed by atoms with Crippen molar-refractivity contribution in [3.8, 4) is 11.5 Å². The van der Waals surface area contributed by atoms with Crippen LogP contribution in [-0.2, 0) is 6.61 Å². The lowest BCUT2D eigenvalue weighted by Crippen LogP contribution is -2.15. The van der Waals surface area contributed by atoms with E-state index < -0.39 is 0 Å². The van der Waals surface area contributed by atoms with Gasteiger partial charge in [-0.3, -0.25) is 0 Å². The van der Waals surface area contributed by atoms with Crippen molar-refractivity contribution in [2.45, 2.75) is 16.5 Å². The van der Waals surface area contributed by atoms with Crippen molar-refractivity contribution >= 4 is 11.8 Å². The fourth-order valence-electron chi connectivity index (χ4n) is 1.77. The SMILES string of the molecule is OCc1ccc(Sc2ccc3c(c2)OCCO3)nc1. The number of hydrogen-bond donors (Lipinski definition) is 1. The van der Waals surface area contributed by atoms with Gasteiger partial charge in [-0.25, -0.2) is 4.98 Å². The summed E-state index contributed by atoms with van der Waals surface area (Å²) in [5.41, 5.74) is 0.812. The third-order valence-corrected chi connectivity index (χ3v) is 3.66. The minimum absolute atomic E-state index is 0.0158. The zero-order valence-corrected chi connectivity index (χ0v) is 11.0. The fraction of sp³-hybridized carbons (Fsp3) is 0.214. The predicted octanol–water partition coefficient (Wildman–Crippen LogP) is 2.50. The highest BCUT2D eigenvalue weighted by atomic mass is 32.2. The van der Waals surface area contributed by atoms with Crippen molar-refractivity contribution in [1.82, 2.24) is 4.98 Å². The number of aliphatic hydroxyl groups is 1. The van der Waals surface area contributed by atoms with Gasteiger partial charge in [-0.05, 0) is 29.8 Å². The Morgan fingerprint density at radius 3 is 2.68 bits per heavy atom. The molecule has 98 valence electrons. The predicted molar refractivity (Wildman–Crippen MR) is 71.7 cm³/mol. The lowest BCUT2D eigenvalue weighted by atomic mass is 10.3. The number of benzene rings is 1. The minimum atomic E-state index is 0.0158. The van der Waals surface area contributed by atoms with Gasteiger partial charge in [0.2, 0.25) is 0 Å². The molecular weight excluding hydrogens is 262 g/mol. The van der Waals surface area contributed by atoms with E-state index in [9.17, 15) is 0 Å². The number of pyridine rings is 1. The molecule has 0 atom stereocenters. The first-order valence-corrected chi connectivity index (χ1v) is 6.80. The molecule has 4 nitrogen and oxygen atoms in total. The van der Waals surface area contributed by atoms with Crippen molar-refractivity contribution in [1.29, 1.82) is 0 Å². The molecule has 0 unspecified atom stereocenters. The molecule has 0 saturated carbocycles. The van der Waals surface area contributed by atoms with Gasteiger partial charge in [0, 0.05) is 11.1 Å². The van der Waals surface area contributed by atoms with E-state index in [1.165, 1.54) is 0 Å². The van der Waals surface area contributed by atoms with Crippen molar-refractivity contribution in [3.63, 3.8) is 0 Å². The van der Waals surface area contributed by atoms with Gasteiger partial charge < -0.3 is 14.6 Å².